The SMILES string of the molecule is CCCOc1ccc(NC(=O)C2(c3ccc(F)cc3)CCCC2)cc1C. The molecule has 1 amide bonds. The molecule has 2 aromatic rings. The van der Waals surface area contributed by atoms with Crippen molar-refractivity contribution in [2.75, 3.05) is 11.9 Å². The van der Waals surface area contributed by atoms with E-state index >= 15 is 0 Å². The first-order chi connectivity index (χ1) is 12.5. The largest absolute Gasteiger partial charge is 0.493 e. The van der Waals surface area contributed by atoms with Gasteiger partial charge in [-0.05, 0) is 67.6 Å². The van der Waals surface area contributed by atoms with Gasteiger partial charge in [0.15, 0.2) is 0 Å². The van der Waals surface area contributed by atoms with Crippen molar-refractivity contribution in [1.29, 1.82) is 0 Å². The maximum Gasteiger partial charge on any atom is 0.235 e. The molecule has 0 spiro atoms. The number of carbonyl (C=O) groups excluding carboxylic acids is 1. The van der Waals surface area contributed by atoms with Gasteiger partial charge >= 0.3 is 0 Å². The Kier molecular flexibility index (Phi) is 5.60. The van der Waals surface area contributed by atoms with Crippen molar-refractivity contribution in [3.05, 3.63) is 59.4 Å². The number of rotatable bonds is 6. The van der Waals surface area contributed by atoms with E-state index in [-0.39, 0.29) is 11.7 Å². The minimum absolute atomic E-state index is 0.0109. The van der Waals surface area contributed by atoms with Crippen LogP contribution in [-0.4, -0.2) is 12.5 Å². The van der Waals surface area contributed by atoms with Gasteiger partial charge in [-0.1, -0.05) is 31.9 Å². The van der Waals surface area contributed by atoms with Gasteiger partial charge in [0.25, 0.3) is 0 Å². The second-order valence-corrected chi connectivity index (χ2v) is 7.08. The quantitative estimate of drug-likeness (QED) is 0.756. The van der Waals surface area contributed by atoms with Crippen LogP contribution in [0.25, 0.3) is 0 Å². The van der Waals surface area contributed by atoms with E-state index in [1.165, 1.54) is 12.1 Å². The van der Waals surface area contributed by atoms with Crippen LogP contribution in [0.2, 0.25) is 0 Å². The molecule has 0 unspecified atom stereocenters. The highest BCUT2D eigenvalue weighted by Gasteiger charge is 2.42. The lowest BCUT2D eigenvalue weighted by molar-refractivity contribution is -0.121. The topological polar surface area (TPSA) is 38.3 Å². The summed E-state index contributed by atoms with van der Waals surface area (Å²) in [5.74, 6) is 0.558. The Balaban J connectivity index is 1.81. The van der Waals surface area contributed by atoms with Crippen LogP contribution < -0.4 is 10.1 Å². The maximum atomic E-state index is 13.3. The zero-order valence-corrected chi connectivity index (χ0v) is 15.5. The van der Waals surface area contributed by atoms with E-state index in [1.54, 1.807) is 12.1 Å². The molecular formula is C22H26FNO2. The lowest BCUT2D eigenvalue weighted by atomic mass is 9.78. The van der Waals surface area contributed by atoms with E-state index < -0.39 is 5.41 Å². The Morgan fingerprint density at radius 2 is 1.85 bits per heavy atom. The predicted molar refractivity (Wildman–Crippen MR) is 102 cm³/mol. The average Bonchev–Trinajstić information content (AvgIpc) is 3.13. The molecule has 0 heterocycles. The number of hydrogen-bond acceptors (Lipinski definition) is 2. The average molecular weight is 355 g/mol. The second-order valence-electron chi connectivity index (χ2n) is 7.08. The molecule has 138 valence electrons. The van der Waals surface area contributed by atoms with Gasteiger partial charge in [0.2, 0.25) is 5.91 Å². The molecule has 2 aromatic carbocycles. The second kappa shape index (κ2) is 7.90. The molecule has 3 rings (SSSR count). The summed E-state index contributed by atoms with van der Waals surface area (Å²) in [6.45, 7) is 4.73. The van der Waals surface area contributed by atoms with Crippen molar-refractivity contribution in [2.45, 2.75) is 51.4 Å². The maximum absolute atomic E-state index is 13.3. The number of nitrogens with one attached hydrogen (secondary N) is 1. The normalized spacial score (nSPS) is 15.7. The zero-order chi connectivity index (χ0) is 18.6. The number of halogens is 1. The van der Waals surface area contributed by atoms with Crippen LogP contribution in [0.1, 0.15) is 50.2 Å². The number of anilines is 1. The fourth-order valence-corrected chi connectivity index (χ4v) is 3.75. The summed E-state index contributed by atoms with van der Waals surface area (Å²) in [6, 6.07) is 12.1. The van der Waals surface area contributed by atoms with Gasteiger partial charge in [-0.15, -0.1) is 0 Å². The summed E-state index contributed by atoms with van der Waals surface area (Å²) in [7, 11) is 0. The van der Waals surface area contributed by atoms with Crippen molar-refractivity contribution < 1.29 is 13.9 Å². The van der Waals surface area contributed by atoms with E-state index in [9.17, 15) is 9.18 Å². The number of amides is 1. The predicted octanol–water partition coefficient (Wildman–Crippen LogP) is 5.37. The molecular weight excluding hydrogens is 329 g/mol. The smallest absolute Gasteiger partial charge is 0.235 e. The Morgan fingerprint density at radius 3 is 2.46 bits per heavy atom. The van der Waals surface area contributed by atoms with Gasteiger partial charge in [-0.3, -0.25) is 4.79 Å². The van der Waals surface area contributed by atoms with Crippen LogP contribution in [0.15, 0.2) is 42.5 Å². The molecule has 0 atom stereocenters. The Bertz CT molecular complexity index is 764. The van der Waals surface area contributed by atoms with Crippen molar-refractivity contribution in [1.82, 2.24) is 0 Å². The van der Waals surface area contributed by atoms with E-state index in [2.05, 4.69) is 12.2 Å². The molecule has 1 saturated carbocycles. The van der Waals surface area contributed by atoms with E-state index in [4.69, 9.17) is 4.74 Å². The molecule has 0 saturated heterocycles. The number of hydrogen-bond donors (Lipinski definition) is 1. The zero-order valence-electron chi connectivity index (χ0n) is 15.5. The molecule has 1 aliphatic rings. The first-order valence-electron chi connectivity index (χ1n) is 9.36. The summed E-state index contributed by atoms with van der Waals surface area (Å²) in [5, 5.41) is 3.07. The summed E-state index contributed by atoms with van der Waals surface area (Å²) in [4.78, 5) is 13.2. The fraction of sp³-hybridized carbons (Fsp3) is 0.409. The molecule has 4 heteroatoms. The summed E-state index contributed by atoms with van der Waals surface area (Å²) in [5.41, 5.74) is 2.09. The highest BCUT2D eigenvalue weighted by molar-refractivity contribution is 5.99. The third-order valence-corrected chi connectivity index (χ3v) is 5.18. The number of benzene rings is 2. The van der Waals surface area contributed by atoms with Crippen LogP contribution in [0.4, 0.5) is 10.1 Å². The lowest BCUT2D eigenvalue weighted by Crippen LogP contribution is -2.38. The fourth-order valence-electron chi connectivity index (χ4n) is 3.75. The van der Waals surface area contributed by atoms with Crippen LogP contribution in [0, 0.1) is 12.7 Å². The van der Waals surface area contributed by atoms with Crippen LogP contribution in [-0.2, 0) is 10.2 Å². The van der Waals surface area contributed by atoms with Gasteiger partial charge in [-0.25, -0.2) is 4.39 Å². The van der Waals surface area contributed by atoms with Gasteiger partial charge in [0, 0.05) is 5.69 Å². The Labute approximate surface area is 154 Å². The lowest BCUT2D eigenvalue weighted by Gasteiger charge is -2.28. The highest BCUT2D eigenvalue weighted by Crippen LogP contribution is 2.42. The third-order valence-electron chi connectivity index (χ3n) is 5.18. The van der Waals surface area contributed by atoms with Crippen molar-refractivity contribution in [3.63, 3.8) is 0 Å². The number of aryl methyl sites for hydroxylation is 1. The van der Waals surface area contributed by atoms with Crippen molar-refractivity contribution >= 4 is 11.6 Å². The molecule has 3 nitrogen and oxygen atoms in total. The molecule has 0 aromatic heterocycles. The van der Waals surface area contributed by atoms with Crippen LogP contribution >= 0.6 is 0 Å². The van der Waals surface area contributed by atoms with E-state index in [0.29, 0.717) is 6.61 Å². The summed E-state index contributed by atoms with van der Waals surface area (Å²) < 4.78 is 19.0. The first kappa shape index (κ1) is 18.4. The summed E-state index contributed by atoms with van der Waals surface area (Å²) in [6.07, 6.45) is 4.56. The van der Waals surface area contributed by atoms with Crippen molar-refractivity contribution in [3.8, 4) is 5.75 Å². The van der Waals surface area contributed by atoms with Crippen LogP contribution in [0.3, 0.4) is 0 Å². The Hall–Kier alpha value is -2.36. The molecule has 0 bridgehead atoms. The monoisotopic (exact) mass is 355 g/mol. The molecule has 1 N–H and O–H groups in total. The number of carbonyl (C=O) groups is 1. The number of ether oxygens (including phenoxy) is 1. The van der Waals surface area contributed by atoms with E-state index in [1.807, 2.05) is 25.1 Å². The summed E-state index contributed by atoms with van der Waals surface area (Å²) >= 11 is 0. The minimum atomic E-state index is -0.570. The van der Waals surface area contributed by atoms with Gasteiger partial charge < -0.3 is 10.1 Å². The van der Waals surface area contributed by atoms with E-state index in [0.717, 1.165) is 54.7 Å². The van der Waals surface area contributed by atoms with Crippen molar-refractivity contribution in [2.24, 2.45) is 0 Å². The molecule has 26 heavy (non-hydrogen) atoms. The third kappa shape index (κ3) is 3.74. The van der Waals surface area contributed by atoms with Gasteiger partial charge in [0.05, 0.1) is 12.0 Å². The molecule has 0 aliphatic heterocycles. The molecule has 1 aliphatic carbocycles. The van der Waals surface area contributed by atoms with Gasteiger partial charge in [0.1, 0.15) is 11.6 Å². The standard InChI is InChI=1S/C22H26FNO2/c1-3-14-26-20-11-10-19(15-16(20)2)24-21(25)22(12-4-5-13-22)17-6-8-18(23)9-7-17/h6-11,15H,3-5,12-14H2,1-2H3,(H,24,25). The minimum Gasteiger partial charge on any atom is -0.493 e. The highest BCUT2D eigenvalue weighted by atomic mass is 19.1. The molecule has 0 radical (unpaired) electrons. The first-order valence-corrected chi connectivity index (χ1v) is 9.36. The Morgan fingerprint density at radius 1 is 1.15 bits per heavy atom. The van der Waals surface area contributed by atoms with Crippen LogP contribution in [0.5, 0.6) is 5.75 Å². The van der Waals surface area contributed by atoms with Gasteiger partial charge in [-0.2, -0.15) is 0 Å². The molecule has 1 fully saturated rings.